The lowest BCUT2D eigenvalue weighted by Gasteiger charge is -2.26. The topological polar surface area (TPSA) is 38.0 Å². The predicted molar refractivity (Wildman–Crippen MR) is 53.3 cm³/mol. The van der Waals surface area contributed by atoms with Gasteiger partial charge in [-0.2, -0.15) is 0 Å². The minimum absolute atomic E-state index is 0.211. The summed E-state index contributed by atoms with van der Waals surface area (Å²) >= 11 is 1.57. The summed E-state index contributed by atoms with van der Waals surface area (Å²) in [4.78, 5) is 0.695. The second-order valence-electron chi connectivity index (χ2n) is 3.09. The van der Waals surface area contributed by atoms with Crippen LogP contribution >= 0.6 is 11.8 Å². The highest BCUT2D eigenvalue weighted by Gasteiger charge is 2.19. The molecule has 1 aromatic rings. The lowest BCUT2D eigenvalue weighted by molar-refractivity contribution is 0.541. The van der Waals surface area contributed by atoms with Crippen LogP contribution < -0.4 is 11.1 Å². The average molecular weight is 198 g/mol. The Morgan fingerprint density at radius 2 is 2.23 bits per heavy atom. The van der Waals surface area contributed by atoms with Crippen LogP contribution in [0.1, 0.15) is 0 Å². The van der Waals surface area contributed by atoms with Crippen molar-refractivity contribution in [1.82, 2.24) is 5.32 Å². The fourth-order valence-electron chi connectivity index (χ4n) is 1.14. The molecule has 0 aliphatic carbocycles. The summed E-state index contributed by atoms with van der Waals surface area (Å²) in [6.45, 7) is 1.93. The maximum Gasteiger partial charge on any atom is 0.138 e. The summed E-state index contributed by atoms with van der Waals surface area (Å²) in [6.07, 6.45) is 0. The number of anilines is 1. The standard InChI is InChI=1S/C9H11FN2S/c10-8-3-6(11)1-2-9(8)13-7-4-12-5-7/h1-3,7,12H,4-5,11H2. The number of thioether (sulfide) groups is 1. The van der Waals surface area contributed by atoms with Gasteiger partial charge in [0.2, 0.25) is 0 Å². The Hall–Kier alpha value is -0.740. The van der Waals surface area contributed by atoms with Crippen molar-refractivity contribution >= 4 is 17.4 Å². The SMILES string of the molecule is Nc1ccc(SC2CNC2)c(F)c1. The summed E-state index contributed by atoms with van der Waals surface area (Å²) in [7, 11) is 0. The molecule has 0 radical (unpaired) electrons. The van der Waals surface area contributed by atoms with Crippen LogP contribution in [0.25, 0.3) is 0 Å². The van der Waals surface area contributed by atoms with Gasteiger partial charge in [0.05, 0.1) is 0 Å². The molecule has 13 heavy (non-hydrogen) atoms. The van der Waals surface area contributed by atoms with Crippen molar-refractivity contribution in [2.45, 2.75) is 10.1 Å². The van der Waals surface area contributed by atoms with E-state index in [0.717, 1.165) is 13.1 Å². The lowest BCUT2D eigenvalue weighted by Crippen LogP contribution is -2.44. The zero-order valence-electron chi connectivity index (χ0n) is 7.09. The molecular formula is C9H11FN2S. The van der Waals surface area contributed by atoms with Gasteiger partial charge < -0.3 is 11.1 Å². The van der Waals surface area contributed by atoms with Crippen molar-refractivity contribution in [3.63, 3.8) is 0 Å². The summed E-state index contributed by atoms with van der Waals surface area (Å²) in [5, 5.41) is 3.66. The van der Waals surface area contributed by atoms with Crippen LogP contribution in [0.15, 0.2) is 23.1 Å². The van der Waals surface area contributed by atoms with E-state index in [2.05, 4.69) is 5.32 Å². The summed E-state index contributed by atoms with van der Waals surface area (Å²) in [5.74, 6) is -0.211. The van der Waals surface area contributed by atoms with E-state index in [9.17, 15) is 4.39 Å². The van der Waals surface area contributed by atoms with Crippen LogP contribution in [-0.4, -0.2) is 18.3 Å². The van der Waals surface area contributed by atoms with Crippen LogP contribution in [0.5, 0.6) is 0 Å². The first-order chi connectivity index (χ1) is 6.25. The normalized spacial score (nSPS) is 17.0. The molecule has 1 aromatic carbocycles. The van der Waals surface area contributed by atoms with Gasteiger partial charge in [0.15, 0.2) is 0 Å². The van der Waals surface area contributed by atoms with E-state index in [-0.39, 0.29) is 5.82 Å². The molecule has 2 rings (SSSR count). The molecule has 2 nitrogen and oxygen atoms in total. The Balaban J connectivity index is 2.10. The molecule has 1 aliphatic rings. The monoisotopic (exact) mass is 198 g/mol. The molecule has 1 aliphatic heterocycles. The van der Waals surface area contributed by atoms with Gasteiger partial charge in [-0.15, -0.1) is 11.8 Å². The second kappa shape index (κ2) is 3.55. The van der Waals surface area contributed by atoms with Crippen molar-refractivity contribution in [3.8, 4) is 0 Å². The third-order valence-electron chi connectivity index (χ3n) is 1.99. The quantitative estimate of drug-likeness (QED) is 0.707. The maximum atomic E-state index is 13.2. The first kappa shape index (κ1) is 8.84. The number of hydrogen-bond donors (Lipinski definition) is 2. The smallest absolute Gasteiger partial charge is 0.138 e. The molecule has 0 bridgehead atoms. The Bertz CT molecular complexity index is 312. The van der Waals surface area contributed by atoms with Crippen molar-refractivity contribution in [1.29, 1.82) is 0 Å². The van der Waals surface area contributed by atoms with E-state index in [1.54, 1.807) is 23.9 Å². The zero-order chi connectivity index (χ0) is 9.26. The van der Waals surface area contributed by atoms with E-state index < -0.39 is 0 Å². The van der Waals surface area contributed by atoms with Gasteiger partial charge in [0.25, 0.3) is 0 Å². The van der Waals surface area contributed by atoms with E-state index in [4.69, 9.17) is 5.73 Å². The Kier molecular flexibility index (Phi) is 2.42. The number of rotatable bonds is 2. The number of nitrogen functional groups attached to an aromatic ring is 1. The molecule has 0 aromatic heterocycles. The number of hydrogen-bond acceptors (Lipinski definition) is 3. The summed E-state index contributed by atoms with van der Waals surface area (Å²) in [6, 6.07) is 4.85. The molecule has 1 saturated heterocycles. The van der Waals surface area contributed by atoms with E-state index >= 15 is 0 Å². The Morgan fingerprint density at radius 3 is 2.77 bits per heavy atom. The van der Waals surface area contributed by atoms with E-state index in [1.807, 2.05) is 0 Å². The highest BCUT2D eigenvalue weighted by atomic mass is 32.2. The highest BCUT2D eigenvalue weighted by molar-refractivity contribution is 8.00. The van der Waals surface area contributed by atoms with E-state index in [0.29, 0.717) is 15.8 Å². The van der Waals surface area contributed by atoms with Crippen molar-refractivity contribution < 1.29 is 4.39 Å². The molecule has 0 spiro atoms. The van der Waals surface area contributed by atoms with Gasteiger partial charge in [-0.3, -0.25) is 0 Å². The van der Waals surface area contributed by atoms with Gasteiger partial charge in [0, 0.05) is 28.9 Å². The number of halogens is 1. The van der Waals surface area contributed by atoms with Crippen LogP contribution in [0.3, 0.4) is 0 Å². The molecule has 1 fully saturated rings. The van der Waals surface area contributed by atoms with Crippen molar-refractivity contribution in [2.75, 3.05) is 18.8 Å². The van der Waals surface area contributed by atoms with Gasteiger partial charge in [0.1, 0.15) is 5.82 Å². The highest BCUT2D eigenvalue weighted by Crippen LogP contribution is 2.28. The molecule has 0 amide bonds. The molecule has 4 heteroatoms. The first-order valence-electron chi connectivity index (χ1n) is 4.18. The van der Waals surface area contributed by atoms with Gasteiger partial charge in [-0.25, -0.2) is 4.39 Å². The second-order valence-corrected chi connectivity index (χ2v) is 4.43. The third kappa shape index (κ3) is 1.95. The van der Waals surface area contributed by atoms with Gasteiger partial charge in [-0.05, 0) is 18.2 Å². The zero-order valence-corrected chi connectivity index (χ0v) is 7.90. The minimum atomic E-state index is -0.211. The van der Waals surface area contributed by atoms with E-state index in [1.165, 1.54) is 6.07 Å². The number of nitrogens with one attached hydrogen (secondary N) is 1. The fourth-order valence-corrected chi connectivity index (χ4v) is 2.22. The molecule has 0 saturated carbocycles. The molecule has 1 heterocycles. The molecule has 0 atom stereocenters. The van der Waals surface area contributed by atoms with Crippen LogP contribution in [0, 0.1) is 5.82 Å². The Labute approximate surface area is 80.7 Å². The van der Waals surface area contributed by atoms with Crippen LogP contribution in [0.2, 0.25) is 0 Å². The predicted octanol–water partition coefficient (Wildman–Crippen LogP) is 1.47. The Morgan fingerprint density at radius 1 is 1.46 bits per heavy atom. The molecular weight excluding hydrogens is 187 g/mol. The minimum Gasteiger partial charge on any atom is -0.399 e. The molecule has 70 valence electrons. The summed E-state index contributed by atoms with van der Waals surface area (Å²) in [5.41, 5.74) is 5.92. The van der Waals surface area contributed by atoms with Crippen LogP contribution in [-0.2, 0) is 0 Å². The number of benzene rings is 1. The third-order valence-corrected chi connectivity index (χ3v) is 3.25. The fraction of sp³-hybridized carbons (Fsp3) is 0.333. The summed E-state index contributed by atoms with van der Waals surface area (Å²) < 4.78 is 13.2. The first-order valence-corrected chi connectivity index (χ1v) is 5.06. The molecule has 0 unspecified atom stereocenters. The van der Waals surface area contributed by atoms with Gasteiger partial charge in [-0.1, -0.05) is 0 Å². The van der Waals surface area contributed by atoms with Crippen molar-refractivity contribution in [2.24, 2.45) is 0 Å². The maximum absolute atomic E-state index is 13.2. The number of nitrogens with two attached hydrogens (primary N) is 1. The lowest BCUT2D eigenvalue weighted by atomic mass is 10.3. The van der Waals surface area contributed by atoms with Crippen LogP contribution in [0.4, 0.5) is 10.1 Å². The van der Waals surface area contributed by atoms with Gasteiger partial charge >= 0.3 is 0 Å². The average Bonchev–Trinajstić information content (AvgIpc) is 1.99. The van der Waals surface area contributed by atoms with Crippen molar-refractivity contribution in [3.05, 3.63) is 24.0 Å². The largest absolute Gasteiger partial charge is 0.399 e. The molecule has 3 N–H and O–H groups in total.